The van der Waals surface area contributed by atoms with Gasteiger partial charge in [-0.25, -0.2) is 0 Å². The molecule has 88 valence electrons. The van der Waals surface area contributed by atoms with E-state index in [1.165, 1.54) is 0 Å². The molecule has 0 spiro atoms. The molecule has 0 radical (unpaired) electrons. The minimum absolute atomic E-state index is 0.0210. The second kappa shape index (κ2) is 6.37. The summed E-state index contributed by atoms with van der Waals surface area (Å²) < 4.78 is 11.3. The third-order valence-electron chi connectivity index (χ3n) is 1.87. The molecule has 1 rings (SSSR count). The lowest BCUT2D eigenvalue weighted by molar-refractivity contribution is -0.123. The lowest BCUT2D eigenvalue weighted by Gasteiger charge is -2.11. The maximum atomic E-state index is 11.2. The van der Waals surface area contributed by atoms with Gasteiger partial charge in [-0.2, -0.15) is 0 Å². The van der Waals surface area contributed by atoms with Gasteiger partial charge in [-0.3, -0.25) is 4.79 Å². The molecule has 0 saturated heterocycles. The molecule has 0 bridgehead atoms. The molecular formula is C11H14BrNO3. The molecule has 0 aliphatic heterocycles. The van der Waals surface area contributed by atoms with Crippen molar-refractivity contribution >= 4 is 21.8 Å². The smallest absolute Gasteiger partial charge is 0.257 e. The number of likely N-dealkylation sites (N-methyl/N-ethyl adjacent to an activating group) is 1. The summed E-state index contributed by atoms with van der Waals surface area (Å²) in [5, 5.41) is 2.65. The Morgan fingerprint density at radius 1 is 1.50 bits per heavy atom. The molecule has 4 nitrogen and oxygen atoms in total. The Balaban J connectivity index is 2.69. The maximum absolute atomic E-state index is 11.2. The first kappa shape index (κ1) is 12.8. The fourth-order valence-corrected chi connectivity index (χ4v) is 1.64. The van der Waals surface area contributed by atoms with Gasteiger partial charge in [-0.05, 0) is 35.0 Å². The third-order valence-corrected chi connectivity index (χ3v) is 2.50. The summed E-state index contributed by atoms with van der Waals surface area (Å²) >= 11 is 3.34. The van der Waals surface area contributed by atoms with Gasteiger partial charge in [0.15, 0.2) is 18.1 Å². The van der Waals surface area contributed by atoms with Crippen LogP contribution in [0, 0.1) is 0 Å². The van der Waals surface area contributed by atoms with Gasteiger partial charge in [0.1, 0.15) is 0 Å². The zero-order chi connectivity index (χ0) is 12.0. The van der Waals surface area contributed by atoms with Crippen LogP contribution in [0.5, 0.6) is 11.5 Å². The summed E-state index contributed by atoms with van der Waals surface area (Å²) in [7, 11) is 1.56. The monoisotopic (exact) mass is 287 g/mol. The van der Waals surface area contributed by atoms with Gasteiger partial charge in [-0.15, -0.1) is 0 Å². The molecular weight excluding hydrogens is 274 g/mol. The van der Waals surface area contributed by atoms with Crippen molar-refractivity contribution in [1.29, 1.82) is 0 Å². The van der Waals surface area contributed by atoms with Crippen LogP contribution < -0.4 is 14.8 Å². The average Bonchev–Trinajstić information content (AvgIpc) is 2.27. The van der Waals surface area contributed by atoms with E-state index in [0.717, 1.165) is 4.47 Å². The number of hydrogen-bond acceptors (Lipinski definition) is 3. The second-order valence-electron chi connectivity index (χ2n) is 3.01. The molecule has 1 aromatic carbocycles. The SMILES string of the molecule is CCNC(=O)COc1c(Br)cccc1OC. The van der Waals surface area contributed by atoms with E-state index >= 15 is 0 Å². The van der Waals surface area contributed by atoms with Gasteiger partial charge in [0.05, 0.1) is 11.6 Å². The molecule has 1 aromatic rings. The van der Waals surface area contributed by atoms with E-state index in [1.807, 2.05) is 19.1 Å². The van der Waals surface area contributed by atoms with Gasteiger partial charge >= 0.3 is 0 Å². The Labute approximate surface area is 103 Å². The van der Waals surface area contributed by atoms with Crippen LogP contribution in [0.2, 0.25) is 0 Å². The molecule has 0 atom stereocenters. The standard InChI is InChI=1S/C11H14BrNO3/c1-3-13-10(14)7-16-11-8(12)5-4-6-9(11)15-2/h4-6H,3,7H2,1-2H3,(H,13,14). The van der Waals surface area contributed by atoms with Gasteiger partial charge in [-0.1, -0.05) is 6.07 Å². The highest BCUT2D eigenvalue weighted by Gasteiger charge is 2.10. The number of para-hydroxylation sites is 1. The lowest BCUT2D eigenvalue weighted by atomic mass is 10.3. The molecule has 16 heavy (non-hydrogen) atoms. The van der Waals surface area contributed by atoms with Crippen molar-refractivity contribution in [2.45, 2.75) is 6.92 Å². The average molecular weight is 288 g/mol. The topological polar surface area (TPSA) is 47.6 Å². The molecule has 0 heterocycles. The normalized spacial score (nSPS) is 9.69. The van der Waals surface area contributed by atoms with E-state index in [1.54, 1.807) is 13.2 Å². The number of carbonyl (C=O) groups excluding carboxylic acids is 1. The number of benzene rings is 1. The number of ether oxygens (including phenoxy) is 2. The van der Waals surface area contributed by atoms with Crippen molar-refractivity contribution in [3.63, 3.8) is 0 Å². The second-order valence-corrected chi connectivity index (χ2v) is 3.87. The lowest BCUT2D eigenvalue weighted by Crippen LogP contribution is -2.28. The Morgan fingerprint density at radius 2 is 2.25 bits per heavy atom. The van der Waals surface area contributed by atoms with Crippen LogP contribution in [-0.2, 0) is 4.79 Å². The predicted molar refractivity (Wildman–Crippen MR) is 64.9 cm³/mol. The Hall–Kier alpha value is -1.23. The van der Waals surface area contributed by atoms with E-state index in [4.69, 9.17) is 9.47 Å². The number of methoxy groups -OCH3 is 1. The minimum Gasteiger partial charge on any atom is -0.493 e. The van der Waals surface area contributed by atoms with E-state index in [-0.39, 0.29) is 12.5 Å². The summed E-state index contributed by atoms with van der Waals surface area (Å²) in [5.74, 6) is 0.982. The summed E-state index contributed by atoms with van der Waals surface area (Å²) in [5.41, 5.74) is 0. The summed E-state index contributed by atoms with van der Waals surface area (Å²) in [6, 6.07) is 5.44. The van der Waals surface area contributed by atoms with Crippen LogP contribution in [0.25, 0.3) is 0 Å². The molecule has 0 fully saturated rings. The van der Waals surface area contributed by atoms with Crippen LogP contribution >= 0.6 is 15.9 Å². The fourth-order valence-electron chi connectivity index (χ4n) is 1.18. The first-order valence-electron chi connectivity index (χ1n) is 4.91. The Kier molecular flexibility index (Phi) is 5.11. The van der Waals surface area contributed by atoms with Crippen molar-refractivity contribution in [3.05, 3.63) is 22.7 Å². The van der Waals surface area contributed by atoms with Crippen LogP contribution in [-0.4, -0.2) is 26.2 Å². The Bertz CT molecular complexity index is 368. The molecule has 0 aliphatic rings. The van der Waals surface area contributed by atoms with Crippen molar-refractivity contribution in [2.24, 2.45) is 0 Å². The molecule has 5 heteroatoms. The first-order chi connectivity index (χ1) is 7.69. The number of carbonyl (C=O) groups is 1. The summed E-state index contributed by atoms with van der Waals surface area (Å²) in [6.45, 7) is 2.43. The van der Waals surface area contributed by atoms with Gasteiger partial charge in [0.25, 0.3) is 5.91 Å². The van der Waals surface area contributed by atoms with E-state index < -0.39 is 0 Å². The van der Waals surface area contributed by atoms with Gasteiger partial charge in [0, 0.05) is 6.54 Å². The fraction of sp³-hybridized carbons (Fsp3) is 0.364. The zero-order valence-electron chi connectivity index (χ0n) is 9.25. The van der Waals surface area contributed by atoms with E-state index in [0.29, 0.717) is 18.0 Å². The zero-order valence-corrected chi connectivity index (χ0v) is 10.8. The third kappa shape index (κ3) is 3.41. The predicted octanol–water partition coefficient (Wildman–Crippen LogP) is 1.97. The van der Waals surface area contributed by atoms with E-state index in [2.05, 4.69) is 21.2 Å². The van der Waals surface area contributed by atoms with Gasteiger partial charge in [0.2, 0.25) is 0 Å². The number of amides is 1. The highest BCUT2D eigenvalue weighted by molar-refractivity contribution is 9.10. The highest BCUT2D eigenvalue weighted by atomic mass is 79.9. The van der Waals surface area contributed by atoms with Crippen molar-refractivity contribution in [1.82, 2.24) is 5.32 Å². The number of halogens is 1. The number of hydrogen-bond donors (Lipinski definition) is 1. The van der Waals surface area contributed by atoms with Gasteiger partial charge < -0.3 is 14.8 Å². The van der Waals surface area contributed by atoms with Crippen molar-refractivity contribution < 1.29 is 14.3 Å². The van der Waals surface area contributed by atoms with Crippen LogP contribution in [0.3, 0.4) is 0 Å². The van der Waals surface area contributed by atoms with E-state index in [9.17, 15) is 4.79 Å². The minimum atomic E-state index is -0.152. The first-order valence-corrected chi connectivity index (χ1v) is 5.70. The van der Waals surface area contributed by atoms with Crippen molar-refractivity contribution in [2.75, 3.05) is 20.3 Å². The molecule has 0 saturated carbocycles. The number of nitrogens with one attached hydrogen (secondary N) is 1. The summed E-state index contributed by atoms with van der Waals surface area (Å²) in [4.78, 5) is 11.2. The largest absolute Gasteiger partial charge is 0.493 e. The van der Waals surface area contributed by atoms with Crippen LogP contribution in [0.1, 0.15) is 6.92 Å². The summed E-state index contributed by atoms with van der Waals surface area (Å²) in [6.07, 6.45) is 0. The molecule has 0 unspecified atom stereocenters. The van der Waals surface area contributed by atoms with Crippen LogP contribution in [0.15, 0.2) is 22.7 Å². The number of rotatable bonds is 5. The highest BCUT2D eigenvalue weighted by Crippen LogP contribution is 2.34. The van der Waals surface area contributed by atoms with Crippen LogP contribution in [0.4, 0.5) is 0 Å². The quantitative estimate of drug-likeness (QED) is 0.901. The molecule has 0 aliphatic carbocycles. The molecule has 1 N–H and O–H groups in total. The molecule has 0 aromatic heterocycles. The Morgan fingerprint density at radius 3 is 2.88 bits per heavy atom. The van der Waals surface area contributed by atoms with Crippen molar-refractivity contribution in [3.8, 4) is 11.5 Å². The maximum Gasteiger partial charge on any atom is 0.257 e. The molecule has 1 amide bonds.